The topological polar surface area (TPSA) is 37.9 Å². The third-order valence-electron chi connectivity index (χ3n) is 2.81. The Bertz CT molecular complexity index is 652. The molecular weight excluding hydrogens is 263 g/mol. The van der Waals surface area contributed by atoms with Crippen molar-refractivity contribution in [1.82, 2.24) is 9.97 Å². The Morgan fingerprint density at radius 2 is 2.05 bits per heavy atom. The van der Waals surface area contributed by atoms with Crippen molar-refractivity contribution in [3.05, 3.63) is 40.4 Å². The normalized spacial score (nSPS) is 10.8. The lowest BCUT2D eigenvalue weighted by Crippen LogP contribution is -1.98. The number of aromatic nitrogens is 2. The largest absolute Gasteiger partial charge is 0.494 e. The number of methoxy groups -OCH3 is 1. The lowest BCUT2D eigenvalue weighted by molar-refractivity contribution is 0.386. The molecule has 0 atom stereocenters. The molecule has 0 radical (unpaired) electrons. The van der Waals surface area contributed by atoms with Gasteiger partial charge < -0.3 is 9.72 Å². The number of hydrogen-bond donors (Lipinski definition) is 1. The summed E-state index contributed by atoms with van der Waals surface area (Å²) < 4.78 is 18.9. The molecule has 0 spiro atoms. The van der Waals surface area contributed by atoms with Gasteiger partial charge in [-0.15, -0.1) is 0 Å². The van der Waals surface area contributed by atoms with E-state index in [2.05, 4.69) is 23.8 Å². The third-order valence-corrected chi connectivity index (χ3v) is 3.02. The van der Waals surface area contributed by atoms with Gasteiger partial charge in [0.15, 0.2) is 11.6 Å². The predicted octanol–water partition coefficient (Wildman–Crippen LogP) is 4.08. The van der Waals surface area contributed by atoms with Crippen LogP contribution in [-0.2, 0) is 0 Å². The van der Waals surface area contributed by atoms with Gasteiger partial charge in [0.05, 0.1) is 7.11 Å². The number of rotatable bonds is 3. The van der Waals surface area contributed by atoms with E-state index in [0.717, 1.165) is 11.3 Å². The molecular formula is C14H15FN2OS. The van der Waals surface area contributed by atoms with Gasteiger partial charge in [0, 0.05) is 11.3 Å². The van der Waals surface area contributed by atoms with Crippen molar-refractivity contribution < 1.29 is 9.13 Å². The molecule has 1 heterocycles. The Kier molecular flexibility index (Phi) is 3.95. The first kappa shape index (κ1) is 13.7. The quantitative estimate of drug-likeness (QED) is 0.860. The van der Waals surface area contributed by atoms with Crippen LogP contribution in [0.1, 0.15) is 25.5 Å². The standard InChI is InChI=1S/C14H15FN2OS/c1-8(2)11-7-13(19)17-14(16-11)9-4-5-10(15)12(6-9)18-3/h4-8H,1-3H3,(H,16,17,19). The van der Waals surface area contributed by atoms with E-state index in [9.17, 15) is 4.39 Å². The average Bonchev–Trinajstić information content (AvgIpc) is 2.38. The summed E-state index contributed by atoms with van der Waals surface area (Å²) in [5, 5.41) is 0. The van der Waals surface area contributed by atoms with Crippen LogP contribution in [0.25, 0.3) is 11.4 Å². The fourth-order valence-electron chi connectivity index (χ4n) is 1.73. The second kappa shape index (κ2) is 5.48. The smallest absolute Gasteiger partial charge is 0.165 e. The summed E-state index contributed by atoms with van der Waals surface area (Å²) in [6.45, 7) is 4.13. The molecule has 2 rings (SSSR count). The number of ether oxygens (including phenoxy) is 1. The van der Waals surface area contributed by atoms with Crippen LogP contribution in [0.5, 0.6) is 5.75 Å². The monoisotopic (exact) mass is 278 g/mol. The molecule has 0 aliphatic carbocycles. The summed E-state index contributed by atoms with van der Waals surface area (Å²) in [6.07, 6.45) is 0. The first-order valence-corrected chi connectivity index (χ1v) is 6.37. The van der Waals surface area contributed by atoms with Gasteiger partial charge in [-0.1, -0.05) is 26.1 Å². The minimum Gasteiger partial charge on any atom is -0.494 e. The van der Waals surface area contributed by atoms with E-state index < -0.39 is 5.82 Å². The highest BCUT2D eigenvalue weighted by Gasteiger charge is 2.09. The third kappa shape index (κ3) is 2.98. The van der Waals surface area contributed by atoms with Crippen molar-refractivity contribution in [1.29, 1.82) is 0 Å². The highest BCUT2D eigenvalue weighted by molar-refractivity contribution is 7.71. The number of benzene rings is 1. The number of nitrogens with zero attached hydrogens (tertiary/aromatic N) is 1. The van der Waals surface area contributed by atoms with Crippen molar-refractivity contribution in [2.24, 2.45) is 0 Å². The number of hydrogen-bond acceptors (Lipinski definition) is 3. The van der Waals surface area contributed by atoms with E-state index in [4.69, 9.17) is 17.0 Å². The van der Waals surface area contributed by atoms with E-state index in [-0.39, 0.29) is 5.75 Å². The molecule has 0 fully saturated rings. The van der Waals surface area contributed by atoms with Crippen molar-refractivity contribution in [2.45, 2.75) is 19.8 Å². The number of halogens is 1. The zero-order chi connectivity index (χ0) is 14.0. The first-order chi connectivity index (χ1) is 9.01. The highest BCUT2D eigenvalue weighted by Crippen LogP contribution is 2.25. The molecule has 0 aliphatic heterocycles. The van der Waals surface area contributed by atoms with Crippen LogP contribution in [0.2, 0.25) is 0 Å². The van der Waals surface area contributed by atoms with Crippen molar-refractivity contribution >= 4 is 12.2 Å². The van der Waals surface area contributed by atoms with Gasteiger partial charge in [0.2, 0.25) is 0 Å². The molecule has 0 amide bonds. The molecule has 0 aliphatic rings. The fourth-order valence-corrected chi connectivity index (χ4v) is 1.95. The summed E-state index contributed by atoms with van der Waals surface area (Å²) in [4.78, 5) is 7.49. The van der Waals surface area contributed by atoms with Crippen LogP contribution in [0.4, 0.5) is 4.39 Å². The summed E-state index contributed by atoms with van der Waals surface area (Å²) in [5.41, 5.74) is 1.74. The highest BCUT2D eigenvalue weighted by atomic mass is 32.1. The molecule has 19 heavy (non-hydrogen) atoms. The Labute approximate surface area is 116 Å². The molecule has 2 aromatic rings. The molecule has 0 saturated heterocycles. The lowest BCUT2D eigenvalue weighted by atomic mass is 10.1. The predicted molar refractivity (Wildman–Crippen MR) is 75.5 cm³/mol. The molecule has 0 bridgehead atoms. The molecule has 0 unspecified atom stereocenters. The Hall–Kier alpha value is -1.75. The van der Waals surface area contributed by atoms with Crippen LogP contribution >= 0.6 is 12.2 Å². The molecule has 1 aromatic heterocycles. The van der Waals surface area contributed by atoms with Crippen LogP contribution < -0.4 is 4.74 Å². The summed E-state index contributed by atoms with van der Waals surface area (Å²) in [7, 11) is 1.43. The molecule has 1 aromatic carbocycles. The van der Waals surface area contributed by atoms with Gasteiger partial charge in [-0.25, -0.2) is 9.37 Å². The van der Waals surface area contributed by atoms with E-state index in [1.54, 1.807) is 12.1 Å². The van der Waals surface area contributed by atoms with Crippen molar-refractivity contribution in [3.63, 3.8) is 0 Å². The Morgan fingerprint density at radius 3 is 2.68 bits per heavy atom. The maximum absolute atomic E-state index is 13.4. The van der Waals surface area contributed by atoms with E-state index in [1.165, 1.54) is 13.2 Å². The first-order valence-electron chi connectivity index (χ1n) is 5.96. The Morgan fingerprint density at radius 1 is 1.32 bits per heavy atom. The zero-order valence-electron chi connectivity index (χ0n) is 11.0. The summed E-state index contributed by atoms with van der Waals surface area (Å²) in [6, 6.07) is 6.45. The average molecular weight is 278 g/mol. The van der Waals surface area contributed by atoms with Crippen LogP contribution in [0, 0.1) is 10.5 Å². The van der Waals surface area contributed by atoms with Gasteiger partial charge in [-0.3, -0.25) is 0 Å². The minimum atomic E-state index is -0.398. The zero-order valence-corrected chi connectivity index (χ0v) is 11.8. The maximum Gasteiger partial charge on any atom is 0.165 e. The molecule has 0 saturated carbocycles. The summed E-state index contributed by atoms with van der Waals surface area (Å²) >= 11 is 5.16. The van der Waals surface area contributed by atoms with Crippen molar-refractivity contribution in [3.8, 4) is 17.1 Å². The van der Waals surface area contributed by atoms with Crippen LogP contribution in [0.15, 0.2) is 24.3 Å². The van der Waals surface area contributed by atoms with Gasteiger partial charge >= 0.3 is 0 Å². The SMILES string of the molecule is COc1cc(-c2nc(=S)cc(C(C)C)[nH]2)ccc1F. The van der Waals surface area contributed by atoms with Gasteiger partial charge in [0.25, 0.3) is 0 Å². The Balaban J connectivity index is 2.55. The minimum absolute atomic E-state index is 0.188. The lowest BCUT2D eigenvalue weighted by Gasteiger charge is -2.10. The number of H-pyrrole nitrogens is 1. The second-order valence-corrected chi connectivity index (χ2v) is 4.95. The molecule has 3 nitrogen and oxygen atoms in total. The van der Waals surface area contributed by atoms with Crippen LogP contribution in [-0.4, -0.2) is 17.1 Å². The fraction of sp³-hybridized carbons (Fsp3) is 0.286. The number of nitrogens with one attached hydrogen (secondary N) is 1. The van der Waals surface area contributed by atoms with E-state index >= 15 is 0 Å². The van der Waals surface area contributed by atoms with Crippen molar-refractivity contribution in [2.75, 3.05) is 7.11 Å². The molecule has 1 N–H and O–H groups in total. The van der Waals surface area contributed by atoms with Crippen LogP contribution in [0.3, 0.4) is 0 Å². The van der Waals surface area contributed by atoms with E-state index in [1.807, 2.05) is 6.07 Å². The second-order valence-electron chi connectivity index (χ2n) is 4.53. The molecule has 5 heteroatoms. The number of aromatic amines is 1. The molecule has 100 valence electrons. The summed E-state index contributed by atoms with van der Waals surface area (Å²) in [5.74, 6) is 0.721. The maximum atomic E-state index is 13.4. The van der Waals surface area contributed by atoms with Gasteiger partial charge in [0.1, 0.15) is 10.5 Å². The van der Waals surface area contributed by atoms with Gasteiger partial charge in [-0.05, 0) is 30.2 Å². The van der Waals surface area contributed by atoms with Gasteiger partial charge in [-0.2, -0.15) is 0 Å². The van der Waals surface area contributed by atoms with E-state index in [0.29, 0.717) is 16.4 Å².